The number of rotatable bonds is 2. The van der Waals surface area contributed by atoms with Crippen LogP contribution in [0.1, 0.15) is 42.6 Å². The van der Waals surface area contributed by atoms with Crippen LogP contribution in [0.3, 0.4) is 0 Å². The molecule has 3 aromatic heterocycles. The lowest BCUT2D eigenvalue weighted by atomic mass is 10.1. The first-order valence-corrected chi connectivity index (χ1v) is 8.97. The van der Waals surface area contributed by atoms with Crippen LogP contribution >= 0.6 is 11.3 Å². The van der Waals surface area contributed by atoms with E-state index in [0.29, 0.717) is 11.5 Å². The van der Waals surface area contributed by atoms with Crippen LogP contribution in [-0.2, 0) is 0 Å². The third-order valence-electron chi connectivity index (χ3n) is 4.33. The molecular formula is C16H19N5OS. The van der Waals surface area contributed by atoms with Gasteiger partial charge in [-0.3, -0.25) is 9.20 Å². The summed E-state index contributed by atoms with van der Waals surface area (Å²) in [6.45, 7) is 1.64. The highest BCUT2D eigenvalue weighted by atomic mass is 32.1. The molecule has 1 saturated heterocycles. The lowest BCUT2D eigenvalue weighted by Crippen LogP contribution is -2.34. The van der Waals surface area contributed by atoms with Crippen molar-refractivity contribution in [2.24, 2.45) is 0 Å². The molecule has 23 heavy (non-hydrogen) atoms. The van der Waals surface area contributed by atoms with Gasteiger partial charge in [-0.25, -0.2) is 9.97 Å². The summed E-state index contributed by atoms with van der Waals surface area (Å²) in [4.78, 5) is 27.9. The fraction of sp³-hybridized carbons (Fsp3) is 0.438. The molecule has 0 saturated carbocycles. The van der Waals surface area contributed by atoms with Crippen LogP contribution in [-0.4, -0.2) is 43.2 Å². The van der Waals surface area contributed by atoms with Crippen molar-refractivity contribution in [3.8, 4) is 11.5 Å². The SMILES string of the molecule is O=C(c1nc2sccn2c1-c1ncc[nH]1)N1CCCCCCC1. The molecule has 0 unspecified atom stereocenters. The maximum absolute atomic E-state index is 13.1. The second-order valence-corrected chi connectivity index (χ2v) is 6.74. The van der Waals surface area contributed by atoms with Gasteiger partial charge in [0, 0.05) is 37.1 Å². The summed E-state index contributed by atoms with van der Waals surface area (Å²) in [6, 6.07) is 0. The Hall–Kier alpha value is -2.15. The number of carbonyl (C=O) groups excluding carboxylic acids is 1. The van der Waals surface area contributed by atoms with Gasteiger partial charge in [0.25, 0.3) is 5.91 Å². The Morgan fingerprint density at radius 3 is 2.70 bits per heavy atom. The van der Waals surface area contributed by atoms with Gasteiger partial charge < -0.3 is 9.88 Å². The number of thiazole rings is 1. The Balaban J connectivity index is 1.74. The Kier molecular flexibility index (Phi) is 3.87. The summed E-state index contributed by atoms with van der Waals surface area (Å²) >= 11 is 1.53. The van der Waals surface area contributed by atoms with Gasteiger partial charge in [-0.05, 0) is 12.8 Å². The number of hydrogen-bond donors (Lipinski definition) is 1. The van der Waals surface area contributed by atoms with Gasteiger partial charge in [0.15, 0.2) is 16.5 Å². The minimum atomic E-state index is 0.0224. The number of H-pyrrole nitrogens is 1. The molecule has 3 aromatic rings. The van der Waals surface area contributed by atoms with Gasteiger partial charge in [0.05, 0.1) is 0 Å². The van der Waals surface area contributed by atoms with E-state index >= 15 is 0 Å². The van der Waals surface area contributed by atoms with Crippen molar-refractivity contribution in [3.05, 3.63) is 29.7 Å². The molecular weight excluding hydrogens is 310 g/mol. The smallest absolute Gasteiger partial charge is 0.274 e. The van der Waals surface area contributed by atoms with Gasteiger partial charge in [-0.15, -0.1) is 11.3 Å². The Labute approximate surface area is 138 Å². The number of nitrogens with one attached hydrogen (secondary N) is 1. The van der Waals surface area contributed by atoms with E-state index in [1.54, 1.807) is 12.4 Å². The Morgan fingerprint density at radius 2 is 1.96 bits per heavy atom. The summed E-state index contributed by atoms with van der Waals surface area (Å²) in [6.07, 6.45) is 11.2. The largest absolute Gasteiger partial charge is 0.343 e. The molecule has 6 nitrogen and oxygen atoms in total. The summed E-state index contributed by atoms with van der Waals surface area (Å²) in [5, 5.41) is 1.97. The summed E-state index contributed by atoms with van der Waals surface area (Å²) in [5.74, 6) is 0.709. The van der Waals surface area contributed by atoms with E-state index in [1.165, 1.54) is 30.6 Å². The van der Waals surface area contributed by atoms with Gasteiger partial charge in [-0.1, -0.05) is 19.3 Å². The van der Waals surface area contributed by atoms with E-state index in [-0.39, 0.29) is 5.91 Å². The minimum Gasteiger partial charge on any atom is -0.343 e. The fourth-order valence-electron chi connectivity index (χ4n) is 3.16. The Morgan fingerprint density at radius 1 is 1.17 bits per heavy atom. The van der Waals surface area contributed by atoms with Crippen LogP contribution in [0, 0.1) is 0 Å². The van der Waals surface area contributed by atoms with E-state index in [2.05, 4.69) is 15.0 Å². The van der Waals surface area contributed by atoms with Gasteiger partial charge in [-0.2, -0.15) is 0 Å². The number of aromatic amines is 1. The molecule has 1 aliphatic rings. The lowest BCUT2D eigenvalue weighted by molar-refractivity contribution is 0.0738. The maximum Gasteiger partial charge on any atom is 0.274 e. The van der Waals surface area contributed by atoms with Crippen molar-refractivity contribution in [2.75, 3.05) is 13.1 Å². The molecule has 0 radical (unpaired) electrons. The monoisotopic (exact) mass is 329 g/mol. The van der Waals surface area contributed by atoms with Crippen molar-refractivity contribution in [3.63, 3.8) is 0 Å². The van der Waals surface area contributed by atoms with E-state index < -0.39 is 0 Å². The first-order chi connectivity index (χ1) is 11.3. The quantitative estimate of drug-likeness (QED) is 0.785. The molecule has 7 heteroatoms. The molecule has 0 atom stereocenters. The summed E-state index contributed by atoms with van der Waals surface area (Å²) in [7, 11) is 0. The van der Waals surface area contributed by atoms with Crippen molar-refractivity contribution in [1.82, 2.24) is 24.3 Å². The summed E-state index contributed by atoms with van der Waals surface area (Å²) in [5.41, 5.74) is 1.27. The molecule has 1 aliphatic heterocycles. The zero-order valence-electron chi connectivity index (χ0n) is 12.9. The van der Waals surface area contributed by atoms with Crippen molar-refractivity contribution in [2.45, 2.75) is 32.1 Å². The molecule has 4 heterocycles. The molecule has 0 aliphatic carbocycles. The van der Waals surface area contributed by atoms with E-state index in [0.717, 1.165) is 36.6 Å². The lowest BCUT2D eigenvalue weighted by Gasteiger charge is -2.24. The Bertz CT molecular complexity index is 796. The van der Waals surface area contributed by atoms with Gasteiger partial charge in [0.2, 0.25) is 0 Å². The maximum atomic E-state index is 13.1. The van der Waals surface area contributed by atoms with E-state index in [9.17, 15) is 4.79 Å². The van der Waals surface area contributed by atoms with Crippen LogP contribution in [0.5, 0.6) is 0 Å². The zero-order valence-corrected chi connectivity index (χ0v) is 13.7. The minimum absolute atomic E-state index is 0.0224. The predicted molar refractivity (Wildman–Crippen MR) is 89.6 cm³/mol. The van der Waals surface area contributed by atoms with Crippen molar-refractivity contribution >= 4 is 22.2 Å². The van der Waals surface area contributed by atoms with Crippen LogP contribution in [0.4, 0.5) is 0 Å². The van der Waals surface area contributed by atoms with E-state index in [4.69, 9.17) is 0 Å². The number of likely N-dealkylation sites (tertiary alicyclic amines) is 1. The molecule has 4 rings (SSSR count). The summed E-state index contributed by atoms with van der Waals surface area (Å²) < 4.78 is 1.95. The number of fused-ring (bicyclic) bond motifs is 1. The first kappa shape index (κ1) is 14.4. The molecule has 0 aromatic carbocycles. The van der Waals surface area contributed by atoms with Crippen molar-refractivity contribution in [1.29, 1.82) is 0 Å². The highest BCUT2D eigenvalue weighted by molar-refractivity contribution is 7.15. The third kappa shape index (κ3) is 2.65. The van der Waals surface area contributed by atoms with Gasteiger partial charge >= 0.3 is 0 Å². The number of nitrogens with zero attached hydrogens (tertiary/aromatic N) is 4. The van der Waals surface area contributed by atoms with Crippen LogP contribution in [0.15, 0.2) is 24.0 Å². The number of amides is 1. The van der Waals surface area contributed by atoms with Gasteiger partial charge in [0.1, 0.15) is 5.69 Å². The average molecular weight is 329 g/mol. The van der Waals surface area contributed by atoms with Crippen LogP contribution in [0.25, 0.3) is 16.5 Å². The van der Waals surface area contributed by atoms with Crippen LogP contribution < -0.4 is 0 Å². The normalized spacial score (nSPS) is 16.4. The van der Waals surface area contributed by atoms with Crippen LogP contribution in [0.2, 0.25) is 0 Å². The number of aromatic nitrogens is 4. The number of carbonyl (C=O) groups is 1. The molecule has 1 fully saturated rings. The highest BCUT2D eigenvalue weighted by Crippen LogP contribution is 2.26. The second kappa shape index (κ2) is 6.16. The first-order valence-electron chi connectivity index (χ1n) is 8.09. The third-order valence-corrected chi connectivity index (χ3v) is 5.09. The second-order valence-electron chi connectivity index (χ2n) is 5.86. The number of imidazole rings is 2. The predicted octanol–water partition coefficient (Wildman–Crippen LogP) is 3.19. The highest BCUT2D eigenvalue weighted by Gasteiger charge is 2.26. The van der Waals surface area contributed by atoms with E-state index in [1.807, 2.05) is 20.9 Å². The number of hydrogen-bond acceptors (Lipinski definition) is 4. The molecule has 120 valence electrons. The average Bonchev–Trinajstić information content (AvgIpc) is 3.22. The van der Waals surface area contributed by atoms with Crippen molar-refractivity contribution < 1.29 is 4.79 Å². The zero-order chi connectivity index (χ0) is 15.6. The fourth-order valence-corrected chi connectivity index (χ4v) is 3.87. The standard InChI is InChI=1S/C16H19N5OS/c22-15(20-8-4-2-1-3-5-9-20)12-13(14-17-6-7-18-14)21-10-11-23-16(21)19-12/h6-7,10-11H,1-5,8-9H2,(H,17,18). The topological polar surface area (TPSA) is 66.3 Å². The molecule has 0 spiro atoms. The molecule has 1 N–H and O–H groups in total. The molecule has 0 bridgehead atoms. The molecule has 1 amide bonds.